The quantitative estimate of drug-likeness (QED) is 0.651. The number of rotatable bonds is 7. The fourth-order valence-electron chi connectivity index (χ4n) is 1.95. The van der Waals surface area contributed by atoms with Gasteiger partial charge in [-0.15, -0.1) is 0 Å². The zero-order valence-corrected chi connectivity index (χ0v) is 12.6. The SMILES string of the molecule is CCC(C)C(=O)OC1CN(COC)C(=O)N(COC)C1. The monoisotopic (exact) mass is 288 g/mol. The minimum atomic E-state index is -0.362. The summed E-state index contributed by atoms with van der Waals surface area (Å²) < 4.78 is 15.5. The molecule has 20 heavy (non-hydrogen) atoms. The van der Waals surface area contributed by atoms with Gasteiger partial charge in [0.2, 0.25) is 0 Å². The smallest absolute Gasteiger partial charge is 0.323 e. The summed E-state index contributed by atoms with van der Waals surface area (Å²) in [5.74, 6) is -0.374. The normalized spacial score (nSPS) is 18.3. The molecule has 1 rings (SSSR count). The maximum absolute atomic E-state index is 12.1. The molecule has 0 radical (unpaired) electrons. The summed E-state index contributed by atoms with van der Waals surface area (Å²) in [5.41, 5.74) is 0. The van der Waals surface area contributed by atoms with Crippen LogP contribution in [0.5, 0.6) is 0 Å². The number of ether oxygens (including phenoxy) is 3. The van der Waals surface area contributed by atoms with E-state index in [9.17, 15) is 9.59 Å². The summed E-state index contributed by atoms with van der Waals surface area (Å²) in [6.45, 7) is 4.78. The molecular formula is C13H24N2O5. The van der Waals surface area contributed by atoms with Gasteiger partial charge in [-0.3, -0.25) is 14.6 Å². The molecular weight excluding hydrogens is 264 g/mol. The third kappa shape index (κ3) is 4.35. The van der Waals surface area contributed by atoms with Gasteiger partial charge >= 0.3 is 12.0 Å². The Kier molecular flexibility index (Phi) is 6.74. The minimum absolute atomic E-state index is 0.139. The number of carbonyl (C=O) groups excluding carboxylic acids is 2. The van der Waals surface area contributed by atoms with Crippen molar-refractivity contribution in [3.63, 3.8) is 0 Å². The molecule has 2 amide bonds. The zero-order chi connectivity index (χ0) is 15.1. The Balaban J connectivity index is 2.67. The molecule has 0 aromatic carbocycles. The lowest BCUT2D eigenvalue weighted by atomic mass is 10.1. The van der Waals surface area contributed by atoms with Crippen molar-refractivity contribution in [1.29, 1.82) is 0 Å². The molecule has 0 spiro atoms. The zero-order valence-electron chi connectivity index (χ0n) is 12.6. The molecule has 1 aliphatic rings. The predicted molar refractivity (Wildman–Crippen MR) is 71.9 cm³/mol. The van der Waals surface area contributed by atoms with Gasteiger partial charge in [0.1, 0.15) is 19.6 Å². The highest BCUT2D eigenvalue weighted by Gasteiger charge is 2.34. The van der Waals surface area contributed by atoms with E-state index in [1.165, 1.54) is 24.0 Å². The number of carbonyl (C=O) groups is 2. The number of hydrogen-bond acceptors (Lipinski definition) is 5. The number of esters is 1. The van der Waals surface area contributed by atoms with Crippen LogP contribution < -0.4 is 0 Å². The first-order chi connectivity index (χ1) is 9.53. The van der Waals surface area contributed by atoms with Crippen LogP contribution in [0.15, 0.2) is 0 Å². The molecule has 0 aliphatic carbocycles. The van der Waals surface area contributed by atoms with Crippen LogP contribution in [0.3, 0.4) is 0 Å². The average Bonchev–Trinajstić information content (AvgIpc) is 2.43. The summed E-state index contributed by atoms with van der Waals surface area (Å²) in [7, 11) is 3.03. The molecule has 7 heteroatoms. The molecule has 0 N–H and O–H groups in total. The van der Waals surface area contributed by atoms with Gasteiger partial charge in [-0.05, 0) is 6.42 Å². The van der Waals surface area contributed by atoms with E-state index in [1.807, 2.05) is 13.8 Å². The number of methoxy groups -OCH3 is 2. The van der Waals surface area contributed by atoms with Crippen LogP contribution in [-0.2, 0) is 19.0 Å². The molecule has 0 saturated carbocycles. The fourth-order valence-corrected chi connectivity index (χ4v) is 1.95. The van der Waals surface area contributed by atoms with Crippen LogP contribution in [0.25, 0.3) is 0 Å². The van der Waals surface area contributed by atoms with Crippen molar-refractivity contribution in [2.45, 2.75) is 26.4 Å². The molecule has 1 saturated heterocycles. The van der Waals surface area contributed by atoms with E-state index >= 15 is 0 Å². The van der Waals surface area contributed by atoms with Crippen LogP contribution in [0.2, 0.25) is 0 Å². The number of nitrogens with zero attached hydrogens (tertiary/aromatic N) is 2. The van der Waals surface area contributed by atoms with Crippen LogP contribution in [0.1, 0.15) is 20.3 Å². The van der Waals surface area contributed by atoms with Crippen molar-refractivity contribution >= 4 is 12.0 Å². The first kappa shape index (κ1) is 16.7. The molecule has 7 nitrogen and oxygen atoms in total. The molecule has 0 aromatic heterocycles. The van der Waals surface area contributed by atoms with Gasteiger partial charge in [0, 0.05) is 14.2 Å². The summed E-state index contributed by atoms with van der Waals surface area (Å²) in [5, 5.41) is 0. The van der Waals surface area contributed by atoms with Gasteiger partial charge in [-0.1, -0.05) is 13.8 Å². The molecule has 1 atom stereocenters. The Bertz CT molecular complexity index is 319. The molecule has 0 aromatic rings. The first-order valence-corrected chi connectivity index (χ1v) is 6.75. The van der Waals surface area contributed by atoms with Crippen molar-refractivity contribution in [2.24, 2.45) is 5.92 Å². The highest BCUT2D eigenvalue weighted by Crippen LogP contribution is 2.14. The van der Waals surface area contributed by atoms with Gasteiger partial charge < -0.3 is 14.2 Å². The van der Waals surface area contributed by atoms with Gasteiger partial charge in [-0.2, -0.15) is 0 Å². The van der Waals surface area contributed by atoms with Crippen LogP contribution in [0, 0.1) is 5.92 Å². The van der Waals surface area contributed by atoms with E-state index in [-0.39, 0.29) is 37.5 Å². The standard InChI is InChI=1S/C13H24N2O5/c1-5-10(2)12(16)20-11-6-14(8-18-3)13(17)15(7-11)9-19-4/h10-11H,5-9H2,1-4H3. The van der Waals surface area contributed by atoms with Crippen LogP contribution in [-0.4, -0.2) is 68.7 Å². The number of urea groups is 1. The van der Waals surface area contributed by atoms with Crippen molar-refractivity contribution in [2.75, 3.05) is 40.8 Å². The highest BCUT2D eigenvalue weighted by atomic mass is 16.5. The first-order valence-electron chi connectivity index (χ1n) is 6.75. The van der Waals surface area contributed by atoms with Crippen molar-refractivity contribution in [3.8, 4) is 0 Å². The van der Waals surface area contributed by atoms with Gasteiger partial charge in [0.05, 0.1) is 19.0 Å². The summed E-state index contributed by atoms with van der Waals surface area (Å²) in [4.78, 5) is 26.9. The van der Waals surface area contributed by atoms with E-state index in [0.29, 0.717) is 13.1 Å². The Morgan fingerprint density at radius 1 is 1.25 bits per heavy atom. The minimum Gasteiger partial charge on any atom is -0.458 e. The molecule has 116 valence electrons. The third-order valence-corrected chi connectivity index (χ3v) is 3.26. The van der Waals surface area contributed by atoms with Crippen LogP contribution >= 0.6 is 0 Å². The predicted octanol–water partition coefficient (Wildman–Crippen LogP) is 0.890. The van der Waals surface area contributed by atoms with E-state index in [1.54, 1.807) is 0 Å². The lowest BCUT2D eigenvalue weighted by Gasteiger charge is -2.38. The fraction of sp³-hybridized carbons (Fsp3) is 0.846. The van der Waals surface area contributed by atoms with E-state index in [4.69, 9.17) is 14.2 Å². The van der Waals surface area contributed by atoms with E-state index in [2.05, 4.69) is 0 Å². The largest absolute Gasteiger partial charge is 0.458 e. The van der Waals surface area contributed by atoms with E-state index in [0.717, 1.165) is 6.42 Å². The van der Waals surface area contributed by atoms with Gasteiger partial charge in [-0.25, -0.2) is 4.79 Å². The Labute approximate surface area is 119 Å². The maximum atomic E-state index is 12.1. The summed E-state index contributed by atoms with van der Waals surface area (Å²) in [6, 6.07) is -0.176. The molecule has 1 unspecified atom stereocenters. The number of amides is 2. The lowest BCUT2D eigenvalue weighted by Crippen LogP contribution is -2.57. The topological polar surface area (TPSA) is 68.3 Å². The Hall–Kier alpha value is -1.34. The second kappa shape index (κ2) is 8.06. The lowest BCUT2D eigenvalue weighted by molar-refractivity contribution is -0.158. The van der Waals surface area contributed by atoms with Crippen LogP contribution in [0.4, 0.5) is 4.79 Å². The van der Waals surface area contributed by atoms with Gasteiger partial charge in [0.25, 0.3) is 0 Å². The van der Waals surface area contributed by atoms with Crippen molar-refractivity contribution < 1.29 is 23.8 Å². The molecule has 1 aliphatic heterocycles. The summed E-state index contributed by atoms with van der Waals surface area (Å²) in [6.07, 6.45) is 0.369. The van der Waals surface area contributed by atoms with Crippen molar-refractivity contribution in [3.05, 3.63) is 0 Å². The van der Waals surface area contributed by atoms with Gasteiger partial charge in [0.15, 0.2) is 0 Å². The summed E-state index contributed by atoms with van der Waals surface area (Å²) >= 11 is 0. The molecule has 1 fully saturated rings. The second-order valence-electron chi connectivity index (χ2n) is 4.93. The Morgan fingerprint density at radius 3 is 2.15 bits per heavy atom. The second-order valence-corrected chi connectivity index (χ2v) is 4.93. The highest BCUT2D eigenvalue weighted by molar-refractivity contribution is 5.76. The number of hydrogen-bond donors (Lipinski definition) is 0. The Morgan fingerprint density at radius 2 is 1.75 bits per heavy atom. The van der Waals surface area contributed by atoms with E-state index < -0.39 is 0 Å². The average molecular weight is 288 g/mol. The molecule has 1 heterocycles. The van der Waals surface area contributed by atoms with Crippen molar-refractivity contribution in [1.82, 2.24) is 9.80 Å². The molecule has 0 bridgehead atoms. The maximum Gasteiger partial charge on any atom is 0.323 e. The third-order valence-electron chi connectivity index (χ3n) is 3.26.